The van der Waals surface area contributed by atoms with Gasteiger partial charge in [0.1, 0.15) is 10.3 Å². The van der Waals surface area contributed by atoms with Crippen LogP contribution in [0.1, 0.15) is 0 Å². The number of anilines is 1. The van der Waals surface area contributed by atoms with Crippen molar-refractivity contribution in [2.75, 3.05) is 24.5 Å². The molecule has 1 saturated heterocycles. The fourth-order valence-corrected chi connectivity index (χ4v) is 1.95. The largest absolute Gasteiger partial charge is 0.355 e. The number of aromatic amines is 1. The van der Waals surface area contributed by atoms with Gasteiger partial charge in [-0.05, 0) is 22.5 Å². The summed E-state index contributed by atoms with van der Waals surface area (Å²) in [7, 11) is 0. The topological polar surface area (TPSA) is 75.0 Å². The molecule has 0 aromatic carbocycles. The smallest absolute Gasteiger partial charge is 0.267 e. The van der Waals surface area contributed by atoms with E-state index in [2.05, 4.69) is 25.9 Å². The quantitative estimate of drug-likeness (QED) is 0.779. The summed E-state index contributed by atoms with van der Waals surface area (Å²) in [5.41, 5.74) is 5.37. The van der Waals surface area contributed by atoms with Crippen molar-refractivity contribution in [3.05, 3.63) is 21.2 Å². The molecule has 0 atom stereocenters. The van der Waals surface area contributed by atoms with E-state index >= 15 is 0 Å². The maximum Gasteiger partial charge on any atom is 0.267 e. The van der Waals surface area contributed by atoms with Crippen LogP contribution >= 0.6 is 15.9 Å². The Bertz CT molecular complexity index is 385. The van der Waals surface area contributed by atoms with E-state index in [0.29, 0.717) is 22.8 Å². The van der Waals surface area contributed by atoms with E-state index in [0.717, 1.165) is 13.1 Å². The molecule has 1 aromatic rings. The molecule has 0 unspecified atom stereocenters. The van der Waals surface area contributed by atoms with E-state index < -0.39 is 0 Å². The van der Waals surface area contributed by atoms with Crippen LogP contribution < -0.4 is 16.2 Å². The van der Waals surface area contributed by atoms with Crippen molar-refractivity contribution in [3.8, 4) is 0 Å². The van der Waals surface area contributed by atoms with Gasteiger partial charge in [-0.25, -0.2) is 4.98 Å². The first-order valence-corrected chi connectivity index (χ1v) is 5.20. The highest BCUT2D eigenvalue weighted by atomic mass is 79.9. The number of halogens is 1. The van der Waals surface area contributed by atoms with Gasteiger partial charge >= 0.3 is 0 Å². The molecule has 3 N–H and O–H groups in total. The molecule has 6 heteroatoms. The van der Waals surface area contributed by atoms with Crippen molar-refractivity contribution in [2.45, 2.75) is 0 Å². The standard InChI is InChI=1S/C8H11BrN4O/c9-6-7(11-4-12-8(6)14)13-2-5(1-10)3-13/h4-5H,1-3,10H2,(H,11,12,14). The Labute approximate surface area is 89.5 Å². The zero-order valence-corrected chi connectivity index (χ0v) is 9.12. The van der Waals surface area contributed by atoms with Gasteiger partial charge in [0.15, 0.2) is 0 Å². The van der Waals surface area contributed by atoms with Gasteiger partial charge in [-0.1, -0.05) is 0 Å². The molecule has 0 bridgehead atoms. The molecule has 1 fully saturated rings. The lowest BCUT2D eigenvalue weighted by Gasteiger charge is -2.39. The first kappa shape index (κ1) is 9.67. The number of nitrogens with zero attached hydrogens (tertiary/aromatic N) is 2. The molecule has 1 aliphatic heterocycles. The van der Waals surface area contributed by atoms with E-state index in [-0.39, 0.29) is 5.56 Å². The Morgan fingerprint density at radius 1 is 1.71 bits per heavy atom. The van der Waals surface area contributed by atoms with Crippen LogP contribution in [-0.2, 0) is 0 Å². The monoisotopic (exact) mass is 258 g/mol. The van der Waals surface area contributed by atoms with Gasteiger partial charge in [0.2, 0.25) is 0 Å². The zero-order chi connectivity index (χ0) is 10.1. The first-order valence-electron chi connectivity index (χ1n) is 4.40. The number of H-pyrrole nitrogens is 1. The third-order valence-corrected chi connectivity index (χ3v) is 3.08. The summed E-state index contributed by atoms with van der Waals surface area (Å²) in [6, 6.07) is 0. The molecule has 0 aliphatic carbocycles. The van der Waals surface area contributed by atoms with Gasteiger partial charge < -0.3 is 15.6 Å². The van der Waals surface area contributed by atoms with Gasteiger partial charge in [0.05, 0.1) is 6.33 Å². The molecule has 76 valence electrons. The SMILES string of the molecule is NCC1CN(c2nc[nH]c(=O)c2Br)C1. The van der Waals surface area contributed by atoms with Crippen LogP contribution in [0, 0.1) is 5.92 Å². The van der Waals surface area contributed by atoms with Gasteiger partial charge in [0, 0.05) is 19.0 Å². The van der Waals surface area contributed by atoms with Crippen LogP contribution in [0.2, 0.25) is 0 Å². The van der Waals surface area contributed by atoms with Crippen molar-refractivity contribution in [1.82, 2.24) is 9.97 Å². The summed E-state index contributed by atoms with van der Waals surface area (Å²) in [6.45, 7) is 2.45. The molecule has 14 heavy (non-hydrogen) atoms. The van der Waals surface area contributed by atoms with Crippen molar-refractivity contribution in [1.29, 1.82) is 0 Å². The summed E-state index contributed by atoms with van der Waals surface area (Å²) in [4.78, 5) is 19.9. The second-order valence-electron chi connectivity index (χ2n) is 3.38. The zero-order valence-electron chi connectivity index (χ0n) is 7.53. The normalized spacial score (nSPS) is 16.9. The molecule has 1 aromatic heterocycles. The number of nitrogens with one attached hydrogen (secondary N) is 1. The lowest BCUT2D eigenvalue weighted by Crippen LogP contribution is -2.50. The lowest BCUT2D eigenvalue weighted by atomic mass is 10.0. The Morgan fingerprint density at radius 3 is 3.07 bits per heavy atom. The van der Waals surface area contributed by atoms with E-state index in [1.807, 2.05) is 4.90 Å². The summed E-state index contributed by atoms with van der Waals surface area (Å²) in [6.07, 6.45) is 1.41. The lowest BCUT2D eigenvalue weighted by molar-refractivity contribution is 0.416. The van der Waals surface area contributed by atoms with Gasteiger partial charge in [-0.15, -0.1) is 0 Å². The van der Waals surface area contributed by atoms with Crippen molar-refractivity contribution in [3.63, 3.8) is 0 Å². The molecular formula is C8H11BrN4O. The summed E-state index contributed by atoms with van der Waals surface area (Å²) < 4.78 is 0.496. The van der Waals surface area contributed by atoms with Crippen molar-refractivity contribution in [2.24, 2.45) is 11.7 Å². The minimum absolute atomic E-state index is 0.147. The van der Waals surface area contributed by atoms with Crippen LogP contribution in [0.4, 0.5) is 5.82 Å². The predicted molar refractivity (Wildman–Crippen MR) is 57.3 cm³/mol. The molecule has 5 nitrogen and oxygen atoms in total. The van der Waals surface area contributed by atoms with Gasteiger partial charge in [-0.3, -0.25) is 4.79 Å². The van der Waals surface area contributed by atoms with Crippen LogP contribution in [0.15, 0.2) is 15.6 Å². The summed E-state index contributed by atoms with van der Waals surface area (Å²) in [5, 5.41) is 0. The second-order valence-corrected chi connectivity index (χ2v) is 4.17. The second kappa shape index (κ2) is 3.70. The maximum absolute atomic E-state index is 11.2. The van der Waals surface area contributed by atoms with E-state index in [4.69, 9.17) is 5.73 Å². The molecular weight excluding hydrogens is 248 g/mol. The maximum atomic E-state index is 11.2. The van der Waals surface area contributed by atoms with Crippen molar-refractivity contribution < 1.29 is 0 Å². The fourth-order valence-electron chi connectivity index (χ4n) is 1.49. The predicted octanol–water partition coefficient (Wildman–Crippen LogP) is -0.0727. The van der Waals surface area contributed by atoms with Crippen LogP contribution in [0.25, 0.3) is 0 Å². The highest BCUT2D eigenvalue weighted by Gasteiger charge is 2.28. The Balaban J connectivity index is 2.19. The molecule has 0 saturated carbocycles. The number of hydrogen-bond acceptors (Lipinski definition) is 4. The van der Waals surface area contributed by atoms with Gasteiger partial charge in [0.25, 0.3) is 5.56 Å². The highest BCUT2D eigenvalue weighted by molar-refractivity contribution is 9.10. The van der Waals surface area contributed by atoms with E-state index in [9.17, 15) is 4.79 Å². The number of aromatic nitrogens is 2. The number of nitrogens with two attached hydrogens (primary N) is 1. The number of rotatable bonds is 2. The minimum atomic E-state index is -0.147. The molecule has 0 spiro atoms. The fraction of sp³-hybridized carbons (Fsp3) is 0.500. The summed E-state index contributed by atoms with van der Waals surface area (Å²) >= 11 is 3.22. The molecule has 1 aliphatic rings. The summed E-state index contributed by atoms with van der Waals surface area (Å²) in [5.74, 6) is 1.24. The van der Waals surface area contributed by atoms with Crippen molar-refractivity contribution >= 4 is 21.7 Å². The Kier molecular flexibility index (Phi) is 2.56. The molecule has 0 radical (unpaired) electrons. The molecule has 0 amide bonds. The van der Waals surface area contributed by atoms with E-state index in [1.165, 1.54) is 6.33 Å². The van der Waals surface area contributed by atoms with Crippen LogP contribution in [0.5, 0.6) is 0 Å². The minimum Gasteiger partial charge on any atom is -0.355 e. The highest BCUT2D eigenvalue weighted by Crippen LogP contribution is 2.26. The van der Waals surface area contributed by atoms with Gasteiger partial charge in [-0.2, -0.15) is 0 Å². The average Bonchev–Trinajstić information content (AvgIpc) is 2.10. The van der Waals surface area contributed by atoms with Crippen LogP contribution in [0.3, 0.4) is 0 Å². The first-order chi connectivity index (χ1) is 6.72. The number of hydrogen-bond donors (Lipinski definition) is 2. The average molecular weight is 259 g/mol. The Morgan fingerprint density at radius 2 is 2.43 bits per heavy atom. The molecule has 2 heterocycles. The third kappa shape index (κ3) is 1.55. The van der Waals surface area contributed by atoms with Crippen LogP contribution in [-0.4, -0.2) is 29.6 Å². The third-order valence-electron chi connectivity index (χ3n) is 2.37. The molecule has 2 rings (SSSR count). The Hall–Kier alpha value is -0.880. The van der Waals surface area contributed by atoms with E-state index in [1.54, 1.807) is 0 Å².